The molecule has 0 aromatic carbocycles. The number of hydrogen-bond donors (Lipinski definition) is 2. The van der Waals surface area contributed by atoms with Crippen molar-refractivity contribution >= 4 is 11.3 Å². The number of aromatic amines is 1. The summed E-state index contributed by atoms with van der Waals surface area (Å²) in [5.74, 6) is -0.833. The third-order valence-electron chi connectivity index (χ3n) is 10.6. The van der Waals surface area contributed by atoms with E-state index in [4.69, 9.17) is 19.7 Å². The minimum absolute atomic E-state index is 0.412. The zero-order chi connectivity index (χ0) is 29.5. The highest BCUT2D eigenvalue weighted by atomic mass is 32.1. The molecule has 5 aliphatic heterocycles. The van der Waals surface area contributed by atoms with Crippen LogP contribution in [0.25, 0.3) is 0 Å². The number of aromatic nitrogens is 6. The molecule has 0 bridgehead atoms. The molecule has 5 aliphatic rings. The fourth-order valence-electron chi connectivity index (χ4n) is 9.08. The fraction of sp³-hybridized carbons (Fsp3) is 0.700. The van der Waals surface area contributed by atoms with E-state index in [-0.39, 0.29) is 0 Å². The van der Waals surface area contributed by atoms with Gasteiger partial charge in [-0.15, -0.1) is 21.5 Å². The van der Waals surface area contributed by atoms with Gasteiger partial charge in [0, 0.05) is 70.3 Å². The SMILES string of the molecule is c1csc(C2OC(N3CCCC3)(N3CCOCC3)C(N3CCCCC3)(N3CCNCC3)C2(c2ccnnn2)c2cn[nH]n2)c1. The van der Waals surface area contributed by atoms with Crippen molar-refractivity contribution in [2.45, 2.75) is 55.1 Å². The maximum Gasteiger partial charge on any atom is 0.215 e. The second kappa shape index (κ2) is 12.1. The Balaban J connectivity index is 1.54. The first-order chi connectivity index (χ1) is 21.8. The number of likely N-dealkylation sites (tertiary alicyclic amines) is 2. The van der Waals surface area contributed by atoms with Crippen molar-refractivity contribution in [3.05, 3.63) is 52.2 Å². The summed E-state index contributed by atoms with van der Waals surface area (Å²) in [5.41, 5.74) is -0.00430. The maximum atomic E-state index is 8.07. The Morgan fingerprint density at radius 3 is 2.23 bits per heavy atom. The molecule has 5 saturated heterocycles. The van der Waals surface area contributed by atoms with Crippen LogP contribution >= 0.6 is 11.3 Å². The topological polar surface area (TPSA) is 124 Å². The average Bonchev–Trinajstić information content (AvgIpc) is 3.93. The molecule has 8 rings (SSSR count). The summed E-state index contributed by atoms with van der Waals surface area (Å²) in [4.78, 5) is 12.0. The number of piperazine rings is 1. The fourth-order valence-corrected chi connectivity index (χ4v) is 9.90. The predicted octanol–water partition coefficient (Wildman–Crippen LogP) is 1.28. The molecule has 0 spiro atoms. The van der Waals surface area contributed by atoms with Gasteiger partial charge in [-0.25, -0.2) is 0 Å². The van der Waals surface area contributed by atoms with Crippen LogP contribution in [0.1, 0.15) is 54.5 Å². The van der Waals surface area contributed by atoms with E-state index in [0.717, 1.165) is 107 Å². The molecule has 236 valence electrons. The number of H-pyrrole nitrogens is 1. The van der Waals surface area contributed by atoms with Crippen LogP contribution in [-0.4, -0.2) is 141 Å². The molecule has 0 radical (unpaired) electrons. The van der Waals surface area contributed by atoms with E-state index in [1.807, 2.05) is 12.3 Å². The van der Waals surface area contributed by atoms with Gasteiger partial charge in [0.25, 0.3) is 0 Å². The minimum Gasteiger partial charge on any atom is -0.379 e. The summed E-state index contributed by atoms with van der Waals surface area (Å²) >= 11 is 1.74. The molecular formula is C30H43N11O2S. The zero-order valence-electron chi connectivity index (χ0n) is 25.3. The van der Waals surface area contributed by atoms with Gasteiger partial charge < -0.3 is 14.8 Å². The molecular weight excluding hydrogens is 578 g/mol. The summed E-state index contributed by atoms with van der Waals surface area (Å²) in [6, 6.07) is 6.40. The standard InChI is InChI=1S/C30H43N11O2S/c1-2-12-38(13-3-1)29(39-16-10-31-11-17-39)28(26-23-33-37-35-26,25-8-9-32-36-34-25)27(24-7-6-22-44-24)43-30(29,40-14-4-5-15-40)41-18-20-42-21-19-41/h6-9,22-23,27,31H,1-5,10-21H2,(H,33,35,37). The third kappa shape index (κ3) is 4.12. The van der Waals surface area contributed by atoms with Crippen LogP contribution in [0.3, 0.4) is 0 Å². The Labute approximate surface area is 262 Å². The predicted molar refractivity (Wildman–Crippen MR) is 164 cm³/mol. The highest BCUT2D eigenvalue weighted by Gasteiger charge is 2.83. The van der Waals surface area contributed by atoms with Crippen LogP contribution in [-0.2, 0) is 14.9 Å². The molecule has 3 aromatic heterocycles. The van der Waals surface area contributed by atoms with E-state index in [0.29, 0.717) is 13.2 Å². The van der Waals surface area contributed by atoms with Gasteiger partial charge in [-0.1, -0.05) is 12.5 Å². The minimum atomic E-state index is -0.906. The smallest absolute Gasteiger partial charge is 0.215 e. The monoisotopic (exact) mass is 621 g/mol. The van der Waals surface area contributed by atoms with Crippen LogP contribution in [0.2, 0.25) is 0 Å². The Kier molecular flexibility index (Phi) is 7.95. The van der Waals surface area contributed by atoms with Crippen LogP contribution < -0.4 is 5.32 Å². The van der Waals surface area contributed by atoms with E-state index in [9.17, 15) is 0 Å². The van der Waals surface area contributed by atoms with E-state index < -0.39 is 23.0 Å². The van der Waals surface area contributed by atoms with Crippen molar-refractivity contribution in [1.82, 2.24) is 55.7 Å². The lowest BCUT2D eigenvalue weighted by atomic mass is 9.62. The van der Waals surface area contributed by atoms with Crippen molar-refractivity contribution in [2.75, 3.05) is 78.7 Å². The van der Waals surface area contributed by atoms with Crippen molar-refractivity contribution in [1.29, 1.82) is 0 Å². The Morgan fingerprint density at radius 1 is 0.818 bits per heavy atom. The maximum absolute atomic E-state index is 8.07. The lowest BCUT2D eigenvalue weighted by Gasteiger charge is -2.66. The lowest BCUT2D eigenvalue weighted by Crippen LogP contribution is -2.87. The highest BCUT2D eigenvalue weighted by molar-refractivity contribution is 7.10. The molecule has 0 aliphatic carbocycles. The van der Waals surface area contributed by atoms with Gasteiger partial charge in [-0.3, -0.25) is 19.6 Å². The number of piperidine rings is 1. The molecule has 8 heterocycles. The summed E-state index contributed by atoms with van der Waals surface area (Å²) < 4.78 is 14.1. The summed E-state index contributed by atoms with van der Waals surface area (Å²) in [6.07, 6.45) is 9.05. The van der Waals surface area contributed by atoms with Crippen molar-refractivity contribution < 1.29 is 9.47 Å². The molecule has 5 fully saturated rings. The van der Waals surface area contributed by atoms with E-state index in [2.05, 4.69) is 63.1 Å². The summed E-state index contributed by atoms with van der Waals surface area (Å²) in [5, 5.41) is 31.7. The Morgan fingerprint density at radius 2 is 1.55 bits per heavy atom. The summed E-state index contributed by atoms with van der Waals surface area (Å²) in [7, 11) is 0. The van der Waals surface area contributed by atoms with Crippen molar-refractivity contribution in [2.24, 2.45) is 0 Å². The van der Waals surface area contributed by atoms with Crippen LogP contribution in [0.5, 0.6) is 0 Å². The highest BCUT2D eigenvalue weighted by Crippen LogP contribution is 2.68. The van der Waals surface area contributed by atoms with Crippen LogP contribution in [0, 0.1) is 0 Å². The van der Waals surface area contributed by atoms with Gasteiger partial charge >= 0.3 is 0 Å². The van der Waals surface area contributed by atoms with Gasteiger partial charge in [0.1, 0.15) is 17.2 Å². The first-order valence-electron chi connectivity index (χ1n) is 16.3. The van der Waals surface area contributed by atoms with Gasteiger partial charge in [-0.2, -0.15) is 15.4 Å². The normalized spacial score (nSPS) is 35.0. The van der Waals surface area contributed by atoms with Gasteiger partial charge in [0.15, 0.2) is 5.66 Å². The molecule has 4 unspecified atom stereocenters. The zero-order valence-corrected chi connectivity index (χ0v) is 26.1. The van der Waals surface area contributed by atoms with E-state index >= 15 is 0 Å². The first kappa shape index (κ1) is 29.0. The van der Waals surface area contributed by atoms with Crippen LogP contribution in [0.15, 0.2) is 36.0 Å². The van der Waals surface area contributed by atoms with Crippen LogP contribution in [0.4, 0.5) is 0 Å². The number of rotatable bonds is 7. The first-order valence-corrected chi connectivity index (χ1v) is 17.2. The van der Waals surface area contributed by atoms with Gasteiger partial charge in [0.2, 0.25) is 5.85 Å². The number of nitrogens with zero attached hydrogens (tertiary/aromatic N) is 9. The number of hydrogen-bond acceptors (Lipinski definition) is 13. The van der Waals surface area contributed by atoms with E-state index in [1.165, 1.54) is 6.42 Å². The molecule has 0 amide bonds. The molecule has 44 heavy (non-hydrogen) atoms. The number of thiophene rings is 1. The van der Waals surface area contributed by atoms with E-state index in [1.54, 1.807) is 17.5 Å². The number of nitrogens with one attached hydrogen (secondary N) is 2. The lowest BCUT2D eigenvalue weighted by molar-refractivity contribution is -0.325. The van der Waals surface area contributed by atoms with Gasteiger partial charge in [0.05, 0.1) is 31.3 Å². The summed E-state index contributed by atoms with van der Waals surface area (Å²) in [6.45, 7) is 10.3. The molecule has 0 saturated carbocycles. The Bertz CT molecular complexity index is 1320. The molecule has 2 N–H and O–H groups in total. The second-order valence-electron chi connectivity index (χ2n) is 12.5. The van der Waals surface area contributed by atoms with Gasteiger partial charge in [-0.05, 0) is 48.4 Å². The molecule has 3 aromatic rings. The quantitative estimate of drug-likeness (QED) is 0.395. The molecule has 13 nitrogen and oxygen atoms in total. The van der Waals surface area contributed by atoms with Crippen molar-refractivity contribution in [3.63, 3.8) is 0 Å². The largest absolute Gasteiger partial charge is 0.379 e. The average molecular weight is 622 g/mol. The van der Waals surface area contributed by atoms with Crippen molar-refractivity contribution in [3.8, 4) is 0 Å². The molecule has 4 atom stereocenters. The Hall–Kier alpha value is -2.43. The number of morpholine rings is 1. The number of ether oxygens (including phenoxy) is 2. The molecule has 14 heteroatoms. The second-order valence-corrected chi connectivity index (χ2v) is 13.5. The third-order valence-corrected chi connectivity index (χ3v) is 11.5.